The molecule has 0 atom stereocenters. The van der Waals surface area contributed by atoms with Gasteiger partial charge in [-0.25, -0.2) is 12.7 Å². The Morgan fingerprint density at radius 3 is 2.42 bits per heavy atom. The summed E-state index contributed by atoms with van der Waals surface area (Å²) in [7, 11) is 1.26. The molecule has 0 radical (unpaired) electrons. The highest BCUT2D eigenvalue weighted by molar-refractivity contribution is 7.89. The molecule has 0 aliphatic rings. The Balaban J connectivity index is 1.64. The molecule has 0 aliphatic carbocycles. The van der Waals surface area contributed by atoms with Gasteiger partial charge in [0.1, 0.15) is 12.1 Å². The van der Waals surface area contributed by atoms with Crippen LogP contribution in [0.5, 0.6) is 5.75 Å². The van der Waals surface area contributed by atoms with Gasteiger partial charge in [-0.1, -0.05) is 30.3 Å². The Hall–Kier alpha value is -3.23. The SMILES string of the molecule is COc1ccccc1CCc1ccc(-c2ccc(S(=O)(=O)N(C)C)cc2)c2nncn12. The molecule has 160 valence electrons. The van der Waals surface area contributed by atoms with Gasteiger partial charge in [0.2, 0.25) is 10.0 Å². The molecule has 0 spiro atoms. The second-order valence-electron chi connectivity index (χ2n) is 7.39. The zero-order valence-electron chi connectivity index (χ0n) is 17.7. The summed E-state index contributed by atoms with van der Waals surface area (Å²) in [6.07, 6.45) is 3.34. The highest BCUT2D eigenvalue weighted by Gasteiger charge is 2.17. The van der Waals surface area contributed by atoms with E-state index in [-0.39, 0.29) is 4.90 Å². The third kappa shape index (κ3) is 4.04. The Kier molecular flexibility index (Phi) is 5.75. The van der Waals surface area contributed by atoms with Gasteiger partial charge in [-0.15, -0.1) is 10.2 Å². The van der Waals surface area contributed by atoms with Crippen LogP contribution >= 0.6 is 0 Å². The summed E-state index contributed by atoms with van der Waals surface area (Å²) in [6.45, 7) is 0. The predicted octanol–water partition coefficient (Wildman–Crippen LogP) is 3.44. The van der Waals surface area contributed by atoms with Crippen molar-refractivity contribution in [2.24, 2.45) is 0 Å². The molecular formula is C23H24N4O3S. The summed E-state index contributed by atoms with van der Waals surface area (Å²) in [6, 6.07) is 18.9. The van der Waals surface area contributed by atoms with Crippen LogP contribution in [0.15, 0.2) is 71.9 Å². The maximum atomic E-state index is 12.3. The molecule has 0 unspecified atom stereocenters. The summed E-state index contributed by atoms with van der Waals surface area (Å²) in [5, 5.41) is 8.41. The molecule has 4 rings (SSSR count). The van der Waals surface area contributed by atoms with Crippen molar-refractivity contribution in [2.75, 3.05) is 21.2 Å². The maximum Gasteiger partial charge on any atom is 0.242 e. The number of pyridine rings is 1. The number of rotatable bonds is 7. The number of nitrogens with zero attached hydrogens (tertiary/aromatic N) is 4. The molecule has 31 heavy (non-hydrogen) atoms. The van der Waals surface area contributed by atoms with Gasteiger partial charge in [-0.2, -0.15) is 0 Å². The highest BCUT2D eigenvalue weighted by atomic mass is 32.2. The quantitative estimate of drug-likeness (QED) is 0.444. The van der Waals surface area contributed by atoms with Crippen molar-refractivity contribution < 1.29 is 13.2 Å². The van der Waals surface area contributed by atoms with Gasteiger partial charge >= 0.3 is 0 Å². The lowest BCUT2D eigenvalue weighted by molar-refractivity contribution is 0.409. The Labute approximate surface area is 182 Å². The van der Waals surface area contributed by atoms with Crippen molar-refractivity contribution in [3.63, 3.8) is 0 Å². The largest absolute Gasteiger partial charge is 0.496 e. The molecule has 0 aliphatic heterocycles. The Morgan fingerprint density at radius 2 is 1.71 bits per heavy atom. The highest BCUT2D eigenvalue weighted by Crippen LogP contribution is 2.27. The minimum atomic E-state index is -3.46. The fourth-order valence-electron chi connectivity index (χ4n) is 3.58. The minimum Gasteiger partial charge on any atom is -0.496 e. The van der Waals surface area contributed by atoms with E-state index in [1.54, 1.807) is 37.7 Å². The molecule has 0 saturated heterocycles. The number of fused-ring (bicyclic) bond motifs is 1. The van der Waals surface area contributed by atoms with Gasteiger partial charge in [-0.05, 0) is 54.3 Å². The molecule has 2 aromatic carbocycles. The zero-order valence-corrected chi connectivity index (χ0v) is 18.5. The van der Waals surface area contributed by atoms with E-state index in [9.17, 15) is 8.42 Å². The first-order valence-corrected chi connectivity index (χ1v) is 11.3. The van der Waals surface area contributed by atoms with E-state index in [0.717, 1.165) is 46.6 Å². The van der Waals surface area contributed by atoms with Crippen LogP contribution < -0.4 is 4.74 Å². The second-order valence-corrected chi connectivity index (χ2v) is 9.54. The average molecular weight is 437 g/mol. The first-order chi connectivity index (χ1) is 14.9. The van der Waals surface area contributed by atoms with E-state index in [4.69, 9.17) is 4.74 Å². The van der Waals surface area contributed by atoms with Crippen molar-refractivity contribution in [1.29, 1.82) is 0 Å². The Morgan fingerprint density at radius 1 is 0.968 bits per heavy atom. The van der Waals surface area contributed by atoms with Crippen LogP contribution in [0.1, 0.15) is 11.3 Å². The molecule has 8 heteroatoms. The number of aryl methyl sites for hydroxylation is 2. The van der Waals surface area contributed by atoms with Crippen LogP contribution in [0.2, 0.25) is 0 Å². The van der Waals surface area contributed by atoms with Crippen LogP contribution in [0, 0.1) is 0 Å². The minimum absolute atomic E-state index is 0.257. The van der Waals surface area contributed by atoms with Gasteiger partial charge < -0.3 is 4.74 Å². The van der Waals surface area contributed by atoms with Gasteiger partial charge in [0.05, 0.1) is 12.0 Å². The average Bonchev–Trinajstić information content (AvgIpc) is 3.28. The van der Waals surface area contributed by atoms with Crippen LogP contribution in [-0.2, 0) is 22.9 Å². The molecule has 2 heterocycles. The molecule has 0 saturated carbocycles. The van der Waals surface area contributed by atoms with Gasteiger partial charge in [-0.3, -0.25) is 4.40 Å². The molecule has 2 aromatic heterocycles. The standard InChI is InChI=1S/C23H24N4O3S/c1-26(2)31(28,29)20-13-9-17(10-14-20)21-15-12-19(27-16-24-25-23(21)27)11-8-18-6-4-5-7-22(18)30-3/h4-7,9-10,12-16H,8,11H2,1-3H3. The number of aromatic nitrogens is 3. The zero-order chi connectivity index (χ0) is 22.0. The molecule has 7 nitrogen and oxygen atoms in total. The van der Waals surface area contributed by atoms with E-state index in [1.807, 2.05) is 28.7 Å². The first-order valence-electron chi connectivity index (χ1n) is 9.88. The maximum absolute atomic E-state index is 12.3. The lowest BCUT2D eigenvalue weighted by atomic mass is 10.0. The molecule has 0 bridgehead atoms. The van der Waals surface area contributed by atoms with Crippen LogP contribution in [0.25, 0.3) is 16.8 Å². The number of ether oxygens (including phenoxy) is 1. The van der Waals surface area contributed by atoms with Crippen molar-refractivity contribution in [1.82, 2.24) is 18.9 Å². The van der Waals surface area contributed by atoms with E-state index in [2.05, 4.69) is 22.3 Å². The fraction of sp³-hybridized carbons (Fsp3) is 0.217. The van der Waals surface area contributed by atoms with Gasteiger partial charge in [0.15, 0.2) is 5.65 Å². The number of sulfonamides is 1. The third-order valence-electron chi connectivity index (χ3n) is 5.33. The second kappa shape index (κ2) is 8.49. The lowest BCUT2D eigenvalue weighted by Gasteiger charge is -2.13. The summed E-state index contributed by atoms with van der Waals surface area (Å²) >= 11 is 0. The normalized spacial score (nSPS) is 11.9. The number of methoxy groups -OCH3 is 1. The first kappa shape index (κ1) is 21.0. The number of benzene rings is 2. The Bertz CT molecular complexity index is 1310. The summed E-state index contributed by atoms with van der Waals surface area (Å²) < 4.78 is 33.3. The van der Waals surface area contributed by atoms with E-state index in [1.165, 1.54) is 18.4 Å². The predicted molar refractivity (Wildman–Crippen MR) is 120 cm³/mol. The molecule has 0 amide bonds. The number of hydrogen-bond acceptors (Lipinski definition) is 5. The monoisotopic (exact) mass is 436 g/mol. The molecule has 0 fully saturated rings. The molecule has 4 aromatic rings. The van der Waals surface area contributed by atoms with Crippen molar-refractivity contribution >= 4 is 15.7 Å². The molecule has 0 N–H and O–H groups in total. The van der Waals surface area contributed by atoms with E-state index < -0.39 is 10.0 Å². The van der Waals surface area contributed by atoms with Gasteiger partial charge in [0, 0.05) is 25.4 Å². The summed E-state index contributed by atoms with van der Waals surface area (Å²) in [4.78, 5) is 0.257. The van der Waals surface area contributed by atoms with E-state index in [0.29, 0.717) is 0 Å². The summed E-state index contributed by atoms with van der Waals surface area (Å²) in [5.74, 6) is 0.881. The topological polar surface area (TPSA) is 76.8 Å². The smallest absolute Gasteiger partial charge is 0.242 e. The van der Waals surface area contributed by atoms with Crippen molar-refractivity contribution in [2.45, 2.75) is 17.7 Å². The van der Waals surface area contributed by atoms with E-state index >= 15 is 0 Å². The summed E-state index contributed by atoms with van der Waals surface area (Å²) in [5.41, 5.74) is 4.74. The van der Waals surface area contributed by atoms with Crippen LogP contribution in [-0.4, -0.2) is 48.5 Å². The lowest BCUT2D eigenvalue weighted by Crippen LogP contribution is -2.22. The molecular weight excluding hydrogens is 412 g/mol. The fourth-order valence-corrected chi connectivity index (χ4v) is 4.48. The number of para-hydroxylation sites is 1. The third-order valence-corrected chi connectivity index (χ3v) is 7.16. The van der Waals surface area contributed by atoms with Gasteiger partial charge in [0.25, 0.3) is 0 Å². The van der Waals surface area contributed by atoms with Crippen molar-refractivity contribution in [3.8, 4) is 16.9 Å². The van der Waals surface area contributed by atoms with Crippen molar-refractivity contribution in [3.05, 3.63) is 78.2 Å². The van der Waals surface area contributed by atoms with Crippen LogP contribution in [0.4, 0.5) is 0 Å². The van der Waals surface area contributed by atoms with Crippen LogP contribution in [0.3, 0.4) is 0 Å². The number of hydrogen-bond donors (Lipinski definition) is 0.